The van der Waals surface area contributed by atoms with Gasteiger partial charge in [0.2, 0.25) is 0 Å². The normalized spacial score (nSPS) is 33.8. The number of hydrogen-bond acceptors (Lipinski definition) is 2. The van der Waals surface area contributed by atoms with Crippen LogP contribution in [-0.4, -0.2) is 30.6 Å². The van der Waals surface area contributed by atoms with Gasteiger partial charge in [-0.05, 0) is 44.6 Å². The van der Waals surface area contributed by atoms with E-state index in [9.17, 15) is 0 Å². The molecule has 0 radical (unpaired) electrons. The number of hydrogen-bond donors (Lipinski definition) is 1. The van der Waals surface area contributed by atoms with Gasteiger partial charge in [-0.3, -0.25) is 4.90 Å². The molecule has 2 aliphatic carbocycles. The predicted molar refractivity (Wildman–Crippen MR) is 69.4 cm³/mol. The molecule has 2 rings (SSSR count). The van der Waals surface area contributed by atoms with Gasteiger partial charge in [0.25, 0.3) is 0 Å². The fraction of sp³-hybridized carbons (Fsp3) is 1.00. The van der Waals surface area contributed by atoms with Crippen molar-refractivity contribution in [3.8, 4) is 0 Å². The van der Waals surface area contributed by atoms with Crippen LogP contribution in [0.15, 0.2) is 0 Å². The largest absolute Gasteiger partial charge is 0.329 e. The van der Waals surface area contributed by atoms with E-state index in [1.807, 2.05) is 0 Å². The summed E-state index contributed by atoms with van der Waals surface area (Å²) in [4.78, 5) is 2.60. The Kier molecular flexibility index (Phi) is 4.26. The summed E-state index contributed by atoms with van der Waals surface area (Å²) in [6, 6.07) is 1.49. The zero-order chi connectivity index (χ0) is 11.5. The topological polar surface area (TPSA) is 29.3 Å². The minimum absolute atomic E-state index is 0.646. The fourth-order valence-corrected chi connectivity index (χ4v) is 3.59. The van der Waals surface area contributed by atoms with E-state index in [2.05, 4.69) is 18.9 Å². The summed E-state index contributed by atoms with van der Waals surface area (Å²) in [6.45, 7) is 3.26. The highest BCUT2D eigenvalue weighted by Gasteiger charge is 2.33. The minimum Gasteiger partial charge on any atom is -0.329 e. The summed E-state index contributed by atoms with van der Waals surface area (Å²) < 4.78 is 0. The maximum Gasteiger partial charge on any atom is 0.0246 e. The molecular weight excluding hydrogens is 196 g/mol. The highest BCUT2D eigenvalue weighted by molar-refractivity contribution is 4.88. The van der Waals surface area contributed by atoms with E-state index >= 15 is 0 Å². The van der Waals surface area contributed by atoms with Crippen molar-refractivity contribution in [1.29, 1.82) is 0 Å². The quantitative estimate of drug-likeness (QED) is 0.795. The molecule has 0 aromatic heterocycles. The van der Waals surface area contributed by atoms with Gasteiger partial charge in [0, 0.05) is 18.6 Å². The van der Waals surface area contributed by atoms with Gasteiger partial charge >= 0.3 is 0 Å². The van der Waals surface area contributed by atoms with Crippen LogP contribution in [0.2, 0.25) is 0 Å². The molecule has 94 valence electrons. The average Bonchev–Trinajstić information content (AvgIpc) is 2.16. The molecule has 3 atom stereocenters. The third kappa shape index (κ3) is 2.60. The maximum absolute atomic E-state index is 6.02. The van der Waals surface area contributed by atoms with Crippen molar-refractivity contribution in [3.63, 3.8) is 0 Å². The van der Waals surface area contributed by atoms with Crippen LogP contribution in [0, 0.1) is 11.8 Å². The average molecular weight is 224 g/mol. The molecule has 2 aliphatic rings. The van der Waals surface area contributed by atoms with Gasteiger partial charge in [0.1, 0.15) is 0 Å². The lowest BCUT2D eigenvalue weighted by Gasteiger charge is -2.44. The lowest BCUT2D eigenvalue weighted by molar-refractivity contribution is 0.0596. The van der Waals surface area contributed by atoms with Crippen LogP contribution in [0.1, 0.15) is 51.9 Å². The SMILES string of the molecule is CC1CCCC(C(CN)N(C)C2CCC2)C1. The lowest BCUT2D eigenvalue weighted by Crippen LogP contribution is -2.51. The summed E-state index contributed by atoms with van der Waals surface area (Å²) in [5.41, 5.74) is 6.02. The smallest absolute Gasteiger partial charge is 0.0246 e. The molecule has 0 spiro atoms. The Morgan fingerprint density at radius 2 is 1.88 bits per heavy atom. The van der Waals surface area contributed by atoms with E-state index in [1.165, 1.54) is 44.9 Å². The molecule has 16 heavy (non-hydrogen) atoms. The van der Waals surface area contributed by atoms with Gasteiger partial charge in [-0.1, -0.05) is 26.2 Å². The van der Waals surface area contributed by atoms with Crippen molar-refractivity contribution >= 4 is 0 Å². The number of nitrogens with zero attached hydrogens (tertiary/aromatic N) is 1. The summed E-state index contributed by atoms with van der Waals surface area (Å²) in [5.74, 6) is 1.78. The molecule has 0 amide bonds. The molecule has 0 saturated heterocycles. The monoisotopic (exact) mass is 224 g/mol. The molecule has 0 bridgehead atoms. The van der Waals surface area contributed by atoms with E-state index in [1.54, 1.807) is 0 Å². The molecule has 2 heteroatoms. The van der Waals surface area contributed by atoms with Crippen LogP contribution in [0.3, 0.4) is 0 Å². The van der Waals surface area contributed by atoms with E-state index < -0.39 is 0 Å². The van der Waals surface area contributed by atoms with Crippen molar-refractivity contribution in [3.05, 3.63) is 0 Å². The summed E-state index contributed by atoms with van der Waals surface area (Å²) in [6.07, 6.45) is 9.88. The van der Waals surface area contributed by atoms with Crippen LogP contribution < -0.4 is 5.73 Å². The second-order valence-corrected chi connectivity index (χ2v) is 6.09. The Labute approximate surface area is 101 Å². The van der Waals surface area contributed by atoms with Gasteiger partial charge in [-0.15, -0.1) is 0 Å². The van der Waals surface area contributed by atoms with Gasteiger partial charge in [0.15, 0.2) is 0 Å². The van der Waals surface area contributed by atoms with Crippen molar-refractivity contribution in [2.75, 3.05) is 13.6 Å². The highest BCUT2D eigenvalue weighted by Crippen LogP contribution is 2.35. The molecule has 2 fully saturated rings. The molecule has 0 aliphatic heterocycles. The van der Waals surface area contributed by atoms with Gasteiger partial charge in [-0.25, -0.2) is 0 Å². The lowest BCUT2D eigenvalue weighted by atomic mass is 9.77. The second kappa shape index (κ2) is 5.50. The third-order valence-corrected chi connectivity index (χ3v) is 4.94. The second-order valence-electron chi connectivity index (χ2n) is 6.09. The Morgan fingerprint density at radius 3 is 2.38 bits per heavy atom. The first-order valence-corrected chi connectivity index (χ1v) is 7.14. The molecule has 2 nitrogen and oxygen atoms in total. The van der Waals surface area contributed by atoms with E-state index in [4.69, 9.17) is 5.73 Å². The summed E-state index contributed by atoms with van der Waals surface area (Å²) in [5, 5.41) is 0. The molecular formula is C14H28N2. The molecule has 0 aromatic carbocycles. The molecule has 2 saturated carbocycles. The first kappa shape index (κ1) is 12.4. The molecule has 0 aromatic rings. The van der Waals surface area contributed by atoms with Crippen LogP contribution in [-0.2, 0) is 0 Å². The van der Waals surface area contributed by atoms with Crippen molar-refractivity contribution in [2.24, 2.45) is 17.6 Å². The van der Waals surface area contributed by atoms with Crippen LogP contribution >= 0.6 is 0 Å². The Hall–Kier alpha value is -0.0800. The number of nitrogens with two attached hydrogens (primary N) is 1. The number of likely N-dealkylation sites (N-methyl/N-ethyl adjacent to an activating group) is 1. The van der Waals surface area contributed by atoms with Gasteiger partial charge < -0.3 is 5.73 Å². The van der Waals surface area contributed by atoms with Crippen LogP contribution in [0.4, 0.5) is 0 Å². The van der Waals surface area contributed by atoms with Crippen molar-refractivity contribution < 1.29 is 0 Å². The first-order chi connectivity index (χ1) is 7.72. The zero-order valence-electron chi connectivity index (χ0n) is 11.0. The van der Waals surface area contributed by atoms with Crippen molar-refractivity contribution in [2.45, 2.75) is 64.0 Å². The summed E-state index contributed by atoms with van der Waals surface area (Å²) in [7, 11) is 2.31. The Balaban J connectivity index is 1.91. The molecule has 3 unspecified atom stereocenters. The van der Waals surface area contributed by atoms with Crippen molar-refractivity contribution in [1.82, 2.24) is 4.90 Å². The van der Waals surface area contributed by atoms with Gasteiger partial charge in [0.05, 0.1) is 0 Å². The predicted octanol–water partition coefficient (Wildman–Crippen LogP) is 2.62. The highest BCUT2D eigenvalue weighted by atomic mass is 15.2. The van der Waals surface area contributed by atoms with Crippen LogP contribution in [0.5, 0.6) is 0 Å². The van der Waals surface area contributed by atoms with E-state index in [-0.39, 0.29) is 0 Å². The zero-order valence-corrected chi connectivity index (χ0v) is 11.0. The third-order valence-electron chi connectivity index (χ3n) is 4.94. The Bertz CT molecular complexity index is 213. The molecule has 0 heterocycles. The Morgan fingerprint density at radius 1 is 1.19 bits per heavy atom. The fourth-order valence-electron chi connectivity index (χ4n) is 3.59. The van der Waals surface area contributed by atoms with Crippen LogP contribution in [0.25, 0.3) is 0 Å². The van der Waals surface area contributed by atoms with E-state index in [0.717, 1.165) is 24.4 Å². The van der Waals surface area contributed by atoms with Gasteiger partial charge in [-0.2, -0.15) is 0 Å². The molecule has 2 N–H and O–H groups in total. The minimum atomic E-state index is 0.646. The van der Waals surface area contributed by atoms with E-state index in [0.29, 0.717) is 6.04 Å². The standard InChI is InChI=1S/C14H28N2/c1-11-5-3-6-12(9-11)14(10-15)16(2)13-7-4-8-13/h11-14H,3-10,15H2,1-2H3. The maximum atomic E-state index is 6.02. The summed E-state index contributed by atoms with van der Waals surface area (Å²) >= 11 is 0. The number of rotatable bonds is 4. The first-order valence-electron chi connectivity index (χ1n) is 7.14.